The second-order valence-corrected chi connectivity index (χ2v) is 7.59. The summed E-state index contributed by atoms with van der Waals surface area (Å²) in [4.78, 5) is 13.6. The number of esters is 1. The van der Waals surface area contributed by atoms with Crippen LogP contribution in [0.1, 0.15) is 0 Å². The van der Waals surface area contributed by atoms with E-state index < -0.39 is 22.0 Å². The van der Waals surface area contributed by atoms with Crippen LogP contribution in [-0.2, 0) is 19.6 Å². The van der Waals surface area contributed by atoms with Crippen molar-refractivity contribution >= 4 is 32.5 Å². The number of fused-ring (bicyclic) bond motifs is 1. The molecular weight excluding hydrogens is 316 g/mol. The smallest absolute Gasteiger partial charge is 0.325 e. The first-order valence-corrected chi connectivity index (χ1v) is 8.59. The van der Waals surface area contributed by atoms with Gasteiger partial charge in [-0.2, -0.15) is 4.31 Å². The lowest BCUT2D eigenvalue weighted by Gasteiger charge is -2.13. The maximum absolute atomic E-state index is 12.6. The summed E-state index contributed by atoms with van der Waals surface area (Å²) >= 11 is 0. The van der Waals surface area contributed by atoms with Gasteiger partial charge in [0.1, 0.15) is 6.04 Å². The van der Waals surface area contributed by atoms with E-state index in [0.29, 0.717) is 0 Å². The zero-order chi connectivity index (χ0) is 16.8. The lowest BCUT2D eigenvalue weighted by molar-refractivity contribution is -0.140. The molecule has 0 saturated carbocycles. The van der Waals surface area contributed by atoms with Crippen molar-refractivity contribution in [2.75, 3.05) is 32.6 Å². The second-order valence-electron chi connectivity index (χ2n) is 5.70. The van der Waals surface area contributed by atoms with Crippen molar-refractivity contribution in [3.63, 3.8) is 0 Å². The molecule has 0 amide bonds. The highest BCUT2D eigenvalue weighted by molar-refractivity contribution is 7.89. The van der Waals surface area contributed by atoms with Crippen molar-refractivity contribution in [1.82, 2.24) is 4.31 Å². The third kappa shape index (κ3) is 2.77. The summed E-state index contributed by atoms with van der Waals surface area (Å²) in [5.74, 6) is -0.523. The summed E-state index contributed by atoms with van der Waals surface area (Å²) in [6.45, 7) is 0.173. The molecular formula is C16H18N2O4S. The molecule has 2 atom stereocenters. The van der Waals surface area contributed by atoms with Gasteiger partial charge >= 0.3 is 5.97 Å². The van der Waals surface area contributed by atoms with Crippen molar-refractivity contribution in [3.8, 4) is 0 Å². The van der Waals surface area contributed by atoms with Crippen molar-refractivity contribution < 1.29 is 17.9 Å². The van der Waals surface area contributed by atoms with Crippen LogP contribution in [0.4, 0.5) is 5.69 Å². The van der Waals surface area contributed by atoms with Gasteiger partial charge in [-0.1, -0.05) is 12.1 Å². The van der Waals surface area contributed by atoms with Gasteiger partial charge in [-0.15, -0.1) is 0 Å². The molecule has 0 aromatic heterocycles. The molecule has 1 fully saturated rings. The summed E-state index contributed by atoms with van der Waals surface area (Å²) in [7, 11) is 1.49. The second kappa shape index (κ2) is 5.50. The minimum Gasteiger partial charge on any atom is -0.468 e. The van der Waals surface area contributed by atoms with E-state index in [0.717, 1.165) is 20.8 Å². The first-order chi connectivity index (χ1) is 10.8. The molecule has 122 valence electrons. The number of nitrogens with zero attached hydrogens (tertiary/aromatic N) is 2. The highest BCUT2D eigenvalue weighted by Gasteiger charge is 2.50. The van der Waals surface area contributed by atoms with Gasteiger partial charge in [0.15, 0.2) is 0 Å². The summed E-state index contributed by atoms with van der Waals surface area (Å²) in [5.41, 5.74) is 1.05. The normalized spacial score (nSPS) is 20.3. The van der Waals surface area contributed by atoms with Crippen LogP contribution in [0.2, 0.25) is 0 Å². The molecule has 0 N–H and O–H groups in total. The number of carbonyl (C=O) groups is 1. The fourth-order valence-electron chi connectivity index (χ4n) is 2.50. The Kier molecular flexibility index (Phi) is 3.77. The minimum atomic E-state index is -3.67. The number of benzene rings is 2. The Morgan fingerprint density at radius 3 is 2.48 bits per heavy atom. The zero-order valence-corrected chi connectivity index (χ0v) is 14.0. The van der Waals surface area contributed by atoms with Crippen molar-refractivity contribution in [1.29, 1.82) is 0 Å². The van der Waals surface area contributed by atoms with Gasteiger partial charge in [-0.25, -0.2) is 8.42 Å². The predicted octanol–water partition coefficient (Wildman–Crippen LogP) is 1.45. The van der Waals surface area contributed by atoms with Crippen LogP contribution >= 0.6 is 0 Å². The molecule has 6 nitrogen and oxygen atoms in total. The monoisotopic (exact) mass is 334 g/mol. The Labute approximate surface area is 135 Å². The third-order valence-electron chi connectivity index (χ3n) is 3.96. The van der Waals surface area contributed by atoms with Crippen molar-refractivity contribution in [3.05, 3.63) is 36.4 Å². The Balaban J connectivity index is 1.95. The molecule has 23 heavy (non-hydrogen) atoms. The number of anilines is 1. The summed E-state index contributed by atoms with van der Waals surface area (Å²) in [5, 5.41) is 1.80. The average molecular weight is 334 g/mol. The lowest BCUT2D eigenvalue weighted by atomic mass is 10.1. The maximum Gasteiger partial charge on any atom is 0.325 e. The van der Waals surface area contributed by atoms with Crippen LogP contribution in [-0.4, -0.2) is 52.5 Å². The van der Waals surface area contributed by atoms with Gasteiger partial charge in [-0.3, -0.25) is 4.79 Å². The van der Waals surface area contributed by atoms with E-state index in [1.807, 2.05) is 37.2 Å². The third-order valence-corrected chi connectivity index (χ3v) is 5.83. The molecule has 2 unspecified atom stereocenters. The summed E-state index contributed by atoms with van der Waals surface area (Å²) in [6, 6.07) is 10.1. The molecule has 3 rings (SSSR count). The van der Waals surface area contributed by atoms with E-state index in [9.17, 15) is 13.2 Å². The molecule has 1 aliphatic heterocycles. The predicted molar refractivity (Wildman–Crippen MR) is 88.0 cm³/mol. The highest BCUT2D eigenvalue weighted by Crippen LogP contribution is 2.31. The van der Waals surface area contributed by atoms with Gasteiger partial charge in [0, 0.05) is 26.3 Å². The first-order valence-electron chi connectivity index (χ1n) is 7.15. The fraction of sp³-hybridized carbons (Fsp3) is 0.312. The molecule has 0 aliphatic carbocycles. The molecule has 0 bridgehead atoms. The van der Waals surface area contributed by atoms with Crippen molar-refractivity contribution in [2.45, 2.75) is 10.9 Å². The molecule has 2 aromatic carbocycles. The summed E-state index contributed by atoms with van der Waals surface area (Å²) < 4.78 is 30.8. The number of carbonyl (C=O) groups excluding carboxylic acids is 1. The standard InChI is InChI=1S/C16H18N2O4S/c1-17(2)13-6-4-12-9-14(7-5-11(12)8-13)23(20,21)18-10-15(18)16(19)22-3/h4-9,15H,10H2,1-3H3. The quantitative estimate of drug-likeness (QED) is 0.625. The number of hydrogen-bond donors (Lipinski definition) is 0. The van der Waals surface area contributed by atoms with Crippen molar-refractivity contribution in [2.24, 2.45) is 0 Å². The molecule has 0 radical (unpaired) electrons. The van der Waals surface area contributed by atoms with Crippen LogP contribution in [0, 0.1) is 0 Å². The van der Waals surface area contributed by atoms with Gasteiger partial charge in [0.05, 0.1) is 12.0 Å². The van der Waals surface area contributed by atoms with Gasteiger partial charge in [0.25, 0.3) is 0 Å². The number of methoxy groups -OCH3 is 1. The number of hydrogen-bond acceptors (Lipinski definition) is 5. The Bertz CT molecular complexity index is 877. The van der Waals surface area contributed by atoms with Crippen LogP contribution in [0.3, 0.4) is 0 Å². The van der Waals surface area contributed by atoms with Crippen LogP contribution in [0.25, 0.3) is 10.8 Å². The average Bonchev–Trinajstić information content (AvgIpc) is 3.34. The van der Waals surface area contributed by atoms with E-state index in [2.05, 4.69) is 4.74 Å². The number of ether oxygens (including phenoxy) is 1. The molecule has 2 aromatic rings. The van der Waals surface area contributed by atoms with E-state index >= 15 is 0 Å². The molecule has 1 saturated heterocycles. The zero-order valence-electron chi connectivity index (χ0n) is 13.2. The molecule has 0 spiro atoms. The number of sulfonamides is 1. The van der Waals surface area contributed by atoms with E-state index in [1.54, 1.807) is 18.2 Å². The van der Waals surface area contributed by atoms with E-state index in [1.165, 1.54) is 7.11 Å². The molecule has 1 heterocycles. The SMILES string of the molecule is COC(=O)C1CN1S(=O)(=O)c1ccc2cc(N(C)C)ccc2c1. The van der Waals surface area contributed by atoms with Gasteiger partial charge < -0.3 is 9.64 Å². The fourth-order valence-corrected chi connectivity index (χ4v) is 4.05. The van der Waals surface area contributed by atoms with E-state index in [4.69, 9.17) is 0 Å². The minimum absolute atomic E-state index is 0.173. The lowest BCUT2D eigenvalue weighted by Crippen LogP contribution is -2.20. The Morgan fingerprint density at radius 2 is 1.83 bits per heavy atom. The Morgan fingerprint density at radius 1 is 1.17 bits per heavy atom. The number of rotatable bonds is 4. The topological polar surface area (TPSA) is 66.7 Å². The van der Waals surface area contributed by atoms with Gasteiger partial charge in [-0.05, 0) is 35.0 Å². The summed E-state index contributed by atoms with van der Waals surface area (Å²) in [6.07, 6.45) is 0. The maximum atomic E-state index is 12.6. The largest absolute Gasteiger partial charge is 0.468 e. The van der Waals surface area contributed by atoms with E-state index in [-0.39, 0.29) is 11.4 Å². The first kappa shape index (κ1) is 15.8. The molecule has 7 heteroatoms. The Hall–Kier alpha value is -2.12. The van der Waals surface area contributed by atoms with Crippen LogP contribution in [0.5, 0.6) is 0 Å². The van der Waals surface area contributed by atoms with Gasteiger partial charge in [0.2, 0.25) is 10.0 Å². The van der Waals surface area contributed by atoms with Crippen LogP contribution < -0.4 is 4.90 Å². The molecule has 1 aliphatic rings. The van der Waals surface area contributed by atoms with Crippen LogP contribution in [0.15, 0.2) is 41.3 Å². The highest BCUT2D eigenvalue weighted by atomic mass is 32.2.